The molecule has 2 aromatic rings. The van der Waals surface area contributed by atoms with Gasteiger partial charge in [0.1, 0.15) is 10.3 Å². The zero-order chi connectivity index (χ0) is 17.8. The summed E-state index contributed by atoms with van der Waals surface area (Å²) in [5.74, 6) is 2.07. The van der Waals surface area contributed by atoms with E-state index >= 15 is 0 Å². The second-order valence-corrected chi connectivity index (χ2v) is 7.93. The number of rotatable bonds is 4. The van der Waals surface area contributed by atoms with Crippen molar-refractivity contribution in [3.63, 3.8) is 0 Å². The van der Waals surface area contributed by atoms with Crippen molar-refractivity contribution in [2.45, 2.75) is 13.5 Å². The van der Waals surface area contributed by atoms with Crippen LogP contribution in [0.25, 0.3) is 0 Å². The monoisotopic (exact) mass is 395 g/mol. The number of thioether (sulfide) groups is 1. The molecular weight excluding hydrogens is 377 g/mol. The lowest BCUT2D eigenvalue weighted by Crippen LogP contribution is -2.32. The summed E-state index contributed by atoms with van der Waals surface area (Å²) < 4.78 is 0. The fraction of sp³-hybridized carbons (Fsp3) is 0.333. The number of benzene rings is 1. The molecule has 0 radical (unpaired) electrons. The molecule has 1 fully saturated rings. The normalized spacial score (nSPS) is 15.2. The molecule has 4 nitrogen and oxygen atoms in total. The second kappa shape index (κ2) is 8.41. The SMILES string of the molecule is Cc1ccc(CN2CCSCC2)cc1NC(=O)c1ccc(Cl)nc1Cl. The van der Waals surface area contributed by atoms with Gasteiger partial charge in [0.15, 0.2) is 0 Å². The highest BCUT2D eigenvalue weighted by molar-refractivity contribution is 7.99. The molecule has 1 amide bonds. The summed E-state index contributed by atoms with van der Waals surface area (Å²) >= 11 is 13.8. The van der Waals surface area contributed by atoms with Crippen LogP contribution in [-0.2, 0) is 6.54 Å². The average molecular weight is 396 g/mol. The maximum absolute atomic E-state index is 12.5. The predicted molar refractivity (Wildman–Crippen MR) is 106 cm³/mol. The van der Waals surface area contributed by atoms with Crippen molar-refractivity contribution < 1.29 is 4.79 Å². The van der Waals surface area contributed by atoms with Crippen LogP contribution in [0.2, 0.25) is 10.3 Å². The number of amides is 1. The number of nitrogens with zero attached hydrogens (tertiary/aromatic N) is 2. The topological polar surface area (TPSA) is 45.2 Å². The number of halogens is 2. The Labute approximate surface area is 161 Å². The Balaban J connectivity index is 1.74. The fourth-order valence-electron chi connectivity index (χ4n) is 2.69. The standard InChI is InChI=1S/C18H19Cl2N3OS/c1-12-2-3-13(11-23-6-8-25-9-7-23)10-15(12)21-18(24)14-4-5-16(19)22-17(14)20/h2-5,10H,6-9,11H2,1H3,(H,21,24). The third-order valence-electron chi connectivity index (χ3n) is 4.12. The first kappa shape index (κ1) is 18.5. The van der Waals surface area contributed by atoms with Crippen molar-refractivity contribution in [3.05, 3.63) is 57.3 Å². The van der Waals surface area contributed by atoms with Crippen molar-refractivity contribution >= 4 is 46.6 Å². The van der Waals surface area contributed by atoms with Crippen molar-refractivity contribution in [3.8, 4) is 0 Å². The summed E-state index contributed by atoms with van der Waals surface area (Å²) in [5, 5.41) is 3.30. The summed E-state index contributed by atoms with van der Waals surface area (Å²) in [4.78, 5) is 18.9. The first-order valence-electron chi connectivity index (χ1n) is 8.06. The molecule has 0 unspecified atom stereocenters. The molecular formula is C18H19Cl2N3OS. The van der Waals surface area contributed by atoms with Crippen LogP contribution < -0.4 is 5.32 Å². The van der Waals surface area contributed by atoms with Gasteiger partial charge in [0.05, 0.1) is 5.56 Å². The summed E-state index contributed by atoms with van der Waals surface area (Å²) in [6.07, 6.45) is 0. The summed E-state index contributed by atoms with van der Waals surface area (Å²) in [6, 6.07) is 9.32. The van der Waals surface area contributed by atoms with Crippen LogP contribution in [0.1, 0.15) is 21.5 Å². The van der Waals surface area contributed by atoms with Gasteiger partial charge in [-0.25, -0.2) is 4.98 Å². The largest absolute Gasteiger partial charge is 0.322 e. The van der Waals surface area contributed by atoms with Gasteiger partial charge in [0.2, 0.25) is 0 Å². The molecule has 7 heteroatoms. The highest BCUT2D eigenvalue weighted by Gasteiger charge is 2.15. The molecule has 1 saturated heterocycles. The molecule has 1 aliphatic heterocycles. The third kappa shape index (κ3) is 4.88. The summed E-state index contributed by atoms with van der Waals surface area (Å²) in [6.45, 7) is 5.07. The minimum absolute atomic E-state index is 0.102. The van der Waals surface area contributed by atoms with Crippen LogP contribution in [0.5, 0.6) is 0 Å². The Morgan fingerprint density at radius 3 is 2.72 bits per heavy atom. The van der Waals surface area contributed by atoms with Crippen molar-refractivity contribution in [1.29, 1.82) is 0 Å². The lowest BCUT2D eigenvalue weighted by molar-refractivity contribution is 0.102. The lowest BCUT2D eigenvalue weighted by atomic mass is 10.1. The van der Waals surface area contributed by atoms with Crippen LogP contribution in [0.15, 0.2) is 30.3 Å². The minimum atomic E-state index is -0.288. The molecule has 0 spiro atoms. The molecule has 1 aromatic heterocycles. The fourth-order valence-corrected chi connectivity index (χ4v) is 4.10. The Hall–Kier alpha value is -1.27. The molecule has 3 rings (SSSR count). The zero-order valence-electron chi connectivity index (χ0n) is 13.9. The molecule has 1 aromatic carbocycles. The van der Waals surface area contributed by atoms with Gasteiger partial charge >= 0.3 is 0 Å². The van der Waals surface area contributed by atoms with Gasteiger partial charge in [-0.15, -0.1) is 0 Å². The number of aryl methyl sites for hydroxylation is 1. The Kier molecular flexibility index (Phi) is 6.23. The number of hydrogen-bond acceptors (Lipinski definition) is 4. The van der Waals surface area contributed by atoms with E-state index in [-0.39, 0.29) is 16.2 Å². The zero-order valence-corrected chi connectivity index (χ0v) is 16.2. The Morgan fingerprint density at radius 1 is 1.24 bits per heavy atom. The molecule has 0 saturated carbocycles. The number of carbonyl (C=O) groups excluding carboxylic acids is 1. The highest BCUT2D eigenvalue weighted by Crippen LogP contribution is 2.22. The van der Waals surface area contributed by atoms with E-state index in [1.165, 1.54) is 17.1 Å². The van der Waals surface area contributed by atoms with Crippen LogP contribution in [0.4, 0.5) is 5.69 Å². The number of aromatic nitrogens is 1. The number of anilines is 1. The Morgan fingerprint density at radius 2 is 2.00 bits per heavy atom. The maximum Gasteiger partial charge on any atom is 0.258 e. The van der Waals surface area contributed by atoms with Crippen LogP contribution in [0, 0.1) is 6.92 Å². The third-order valence-corrected chi connectivity index (χ3v) is 5.56. The first-order valence-corrected chi connectivity index (χ1v) is 9.97. The number of carbonyl (C=O) groups is 1. The maximum atomic E-state index is 12.5. The van der Waals surface area contributed by atoms with Crippen LogP contribution in [0.3, 0.4) is 0 Å². The molecule has 1 aliphatic rings. The van der Waals surface area contributed by atoms with Gasteiger partial charge in [-0.2, -0.15) is 11.8 Å². The molecule has 0 atom stereocenters. The van der Waals surface area contributed by atoms with E-state index in [1.54, 1.807) is 12.1 Å². The van der Waals surface area contributed by atoms with Crippen molar-refractivity contribution in [2.24, 2.45) is 0 Å². The molecule has 2 heterocycles. The van der Waals surface area contributed by atoms with Gasteiger partial charge in [0.25, 0.3) is 5.91 Å². The number of nitrogens with one attached hydrogen (secondary N) is 1. The summed E-state index contributed by atoms with van der Waals surface area (Å²) in [5.41, 5.74) is 3.29. The molecule has 1 N–H and O–H groups in total. The second-order valence-electron chi connectivity index (χ2n) is 5.96. The summed E-state index contributed by atoms with van der Waals surface area (Å²) in [7, 11) is 0. The van der Waals surface area contributed by atoms with E-state index in [2.05, 4.69) is 21.3 Å². The van der Waals surface area contributed by atoms with Gasteiger partial charge < -0.3 is 5.32 Å². The predicted octanol–water partition coefficient (Wildman–Crippen LogP) is 4.50. The van der Waals surface area contributed by atoms with Gasteiger partial charge in [-0.3, -0.25) is 9.69 Å². The van der Waals surface area contributed by atoms with E-state index in [1.807, 2.05) is 30.8 Å². The van der Waals surface area contributed by atoms with Gasteiger partial charge in [-0.1, -0.05) is 35.3 Å². The van der Waals surface area contributed by atoms with E-state index in [9.17, 15) is 4.79 Å². The quantitative estimate of drug-likeness (QED) is 0.774. The van der Waals surface area contributed by atoms with Crippen LogP contribution in [-0.4, -0.2) is 40.4 Å². The van der Waals surface area contributed by atoms with Gasteiger partial charge in [0, 0.05) is 36.8 Å². The van der Waals surface area contributed by atoms with E-state index in [0.717, 1.165) is 30.9 Å². The van der Waals surface area contributed by atoms with E-state index in [0.29, 0.717) is 5.56 Å². The van der Waals surface area contributed by atoms with Crippen molar-refractivity contribution in [1.82, 2.24) is 9.88 Å². The molecule has 25 heavy (non-hydrogen) atoms. The minimum Gasteiger partial charge on any atom is -0.322 e. The van der Waals surface area contributed by atoms with Gasteiger partial charge in [-0.05, 0) is 36.2 Å². The first-order chi connectivity index (χ1) is 12.0. The number of hydrogen-bond donors (Lipinski definition) is 1. The molecule has 132 valence electrons. The van der Waals surface area contributed by atoms with E-state index < -0.39 is 0 Å². The molecule has 0 bridgehead atoms. The van der Waals surface area contributed by atoms with Crippen molar-refractivity contribution in [2.75, 3.05) is 29.9 Å². The number of pyridine rings is 1. The lowest BCUT2D eigenvalue weighted by Gasteiger charge is -2.26. The van der Waals surface area contributed by atoms with Crippen LogP contribution >= 0.6 is 35.0 Å². The average Bonchev–Trinajstić information content (AvgIpc) is 2.58. The Bertz CT molecular complexity index is 779. The smallest absolute Gasteiger partial charge is 0.258 e. The van der Waals surface area contributed by atoms with E-state index in [4.69, 9.17) is 23.2 Å². The molecule has 0 aliphatic carbocycles. The highest BCUT2D eigenvalue weighted by atomic mass is 35.5.